The summed E-state index contributed by atoms with van der Waals surface area (Å²) in [6, 6.07) is 1.91. The Kier molecular flexibility index (Phi) is 5.03. The van der Waals surface area contributed by atoms with E-state index < -0.39 is 0 Å². The molecule has 2 atom stereocenters. The van der Waals surface area contributed by atoms with Crippen LogP contribution in [-0.2, 0) is 0 Å². The van der Waals surface area contributed by atoms with Crippen molar-refractivity contribution in [2.75, 3.05) is 19.6 Å². The maximum Gasteiger partial charge on any atom is 0.178 e. The predicted octanol–water partition coefficient (Wildman–Crippen LogP) is 4.43. The SMILES string of the molecule is CC1CCN(CC(=O)c2cc(Br)sc2Br)CC1C. The Morgan fingerprint density at radius 3 is 2.72 bits per heavy atom. The highest BCUT2D eigenvalue weighted by Gasteiger charge is 2.25. The molecule has 2 unspecified atom stereocenters. The third-order valence-electron chi connectivity index (χ3n) is 3.74. The van der Waals surface area contributed by atoms with Crippen molar-refractivity contribution in [2.45, 2.75) is 20.3 Å². The molecule has 2 nitrogen and oxygen atoms in total. The smallest absolute Gasteiger partial charge is 0.178 e. The summed E-state index contributed by atoms with van der Waals surface area (Å²) in [5, 5.41) is 0. The molecule has 1 aromatic heterocycles. The molecule has 0 N–H and O–H groups in total. The second kappa shape index (κ2) is 6.16. The molecule has 1 aliphatic rings. The van der Waals surface area contributed by atoms with Crippen LogP contribution in [0.25, 0.3) is 0 Å². The molecule has 100 valence electrons. The third-order valence-corrected chi connectivity index (χ3v) is 6.08. The Balaban J connectivity index is 1.98. The molecule has 1 fully saturated rings. The lowest BCUT2D eigenvalue weighted by molar-refractivity contribution is 0.0849. The van der Waals surface area contributed by atoms with Crippen LogP contribution in [0.2, 0.25) is 0 Å². The van der Waals surface area contributed by atoms with E-state index in [9.17, 15) is 4.79 Å². The summed E-state index contributed by atoms with van der Waals surface area (Å²) < 4.78 is 1.93. The molecule has 0 aliphatic carbocycles. The minimum absolute atomic E-state index is 0.213. The van der Waals surface area contributed by atoms with Gasteiger partial charge in [-0.15, -0.1) is 11.3 Å². The number of thiophene rings is 1. The quantitative estimate of drug-likeness (QED) is 0.706. The van der Waals surface area contributed by atoms with E-state index in [0.717, 1.165) is 32.1 Å². The minimum Gasteiger partial charge on any atom is -0.296 e. The molecule has 1 aliphatic heterocycles. The van der Waals surface area contributed by atoms with Gasteiger partial charge >= 0.3 is 0 Å². The normalized spacial score (nSPS) is 25.3. The van der Waals surface area contributed by atoms with Crippen LogP contribution >= 0.6 is 43.2 Å². The van der Waals surface area contributed by atoms with Gasteiger partial charge in [0.05, 0.1) is 14.1 Å². The molecule has 1 saturated heterocycles. The number of halogens is 2. The first-order chi connectivity index (χ1) is 8.47. The predicted molar refractivity (Wildman–Crippen MR) is 83.4 cm³/mol. The topological polar surface area (TPSA) is 20.3 Å². The number of nitrogens with zero attached hydrogens (tertiary/aromatic N) is 1. The molecular weight excluding hydrogens is 378 g/mol. The lowest BCUT2D eigenvalue weighted by Gasteiger charge is -2.34. The van der Waals surface area contributed by atoms with Crippen molar-refractivity contribution in [3.05, 3.63) is 19.2 Å². The van der Waals surface area contributed by atoms with Crippen molar-refractivity contribution >= 4 is 49.0 Å². The maximum atomic E-state index is 12.2. The molecule has 2 heterocycles. The van der Waals surface area contributed by atoms with Crippen LogP contribution in [0.5, 0.6) is 0 Å². The van der Waals surface area contributed by atoms with Gasteiger partial charge in [0, 0.05) is 12.1 Å². The van der Waals surface area contributed by atoms with Crippen LogP contribution in [0, 0.1) is 11.8 Å². The van der Waals surface area contributed by atoms with Crippen LogP contribution in [0.3, 0.4) is 0 Å². The van der Waals surface area contributed by atoms with Crippen LogP contribution in [0.15, 0.2) is 13.6 Å². The molecule has 0 aromatic carbocycles. The van der Waals surface area contributed by atoms with Crippen molar-refractivity contribution < 1.29 is 4.79 Å². The minimum atomic E-state index is 0.213. The highest BCUT2D eigenvalue weighted by molar-refractivity contribution is 9.12. The van der Waals surface area contributed by atoms with Gasteiger partial charge in [0.2, 0.25) is 0 Å². The number of ketones is 1. The van der Waals surface area contributed by atoms with E-state index in [1.54, 1.807) is 11.3 Å². The van der Waals surface area contributed by atoms with Gasteiger partial charge in [-0.05, 0) is 62.7 Å². The van der Waals surface area contributed by atoms with E-state index in [1.807, 2.05) is 6.07 Å². The van der Waals surface area contributed by atoms with Crippen LogP contribution in [0.4, 0.5) is 0 Å². The fourth-order valence-electron chi connectivity index (χ4n) is 2.31. The van der Waals surface area contributed by atoms with E-state index >= 15 is 0 Å². The molecule has 0 bridgehead atoms. The van der Waals surface area contributed by atoms with Crippen molar-refractivity contribution in [2.24, 2.45) is 11.8 Å². The molecule has 2 rings (SSSR count). The summed E-state index contributed by atoms with van der Waals surface area (Å²) in [5.74, 6) is 1.67. The standard InChI is InChI=1S/C13H17Br2NOS/c1-8-3-4-16(6-9(8)2)7-11(17)10-5-12(14)18-13(10)15/h5,8-9H,3-4,6-7H2,1-2H3. The summed E-state index contributed by atoms with van der Waals surface area (Å²) in [6.45, 7) is 7.20. The largest absolute Gasteiger partial charge is 0.296 e. The van der Waals surface area contributed by atoms with Crippen molar-refractivity contribution in [1.82, 2.24) is 4.90 Å². The first-order valence-electron chi connectivity index (χ1n) is 6.17. The lowest BCUT2D eigenvalue weighted by atomic mass is 9.88. The molecular formula is C13H17Br2NOS. The van der Waals surface area contributed by atoms with Gasteiger partial charge in [0.1, 0.15) is 0 Å². The van der Waals surface area contributed by atoms with Crippen LogP contribution < -0.4 is 0 Å². The summed E-state index contributed by atoms with van der Waals surface area (Å²) in [4.78, 5) is 14.5. The average Bonchev–Trinajstić information content (AvgIpc) is 2.63. The lowest BCUT2D eigenvalue weighted by Crippen LogP contribution is -2.41. The maximum absolute atomic E-state index is 12.2. The molecule has 1 aromatic rings. The first-order valence-corrected chi connectivity index (χ1v) is 8.58. The van der Waals surface area contributed by atoms with E-state index in [-0.39, 0.29) is 5.78 Å². The molecule has 0 spiro atoms. The van der Waals surface area contributed by atoms with E-state index in [0.29, 0.717) is 12.5 Å². The van der Waals surface area contributed by atoms with Crippen molar-refractivity contribution in [3.63, 3.8) is 0 Å². The Morgan fingerprint density at radius 2 is 2.17 bits per heavy atom. The van der Waals surface area contributed by atoms with E-state index in [1.165, 1.54) is 6.42 Å². The molecule has 0 saturated carbocycles. The number of carbonyl (C=O) groups excluding carboxylic acids is 1. The average molecular weight is 395 g/mol. The highest BCUT2D eigenvalue weighted by Crippen LogP contribution is 2.32. The molecule has 18 heavy (non-hydrogen) atoms. The summed E-state index contributed by atoms with van der Waals surface area (Å²) >= 11 is 8.42. The number of hydrogen-bond acceptors (Lipinski definition) is 3. The van der Waals surface area contributed by atoms with Gasteiger partial charge in [-0.3, -0.25) is 9.69 Å². The highest BCUT2D eigenvalue weighted by atomic mass is 79.9. The van der Waals surface area contributed by atoms with Gasteiger partial charge in [0.25, 0.3) is 0 Å². The van der Waals surface area contributed by atoms with E-state index in [4.69, 9.17) is 0 Å². The Morgan fingerprint density at radius 1 is 1.44 bits per heavy atom. The fourth-order valence-corrected chi connectivity index (χ4v) is 5.17. The Labute approximate surface area is 129 Å². The summed E-state index contributed by atoms with van der Waals surface area (Å²) in [7, 11) is 0. The molecule has 0 amide bonds. The Bertz CT molecular complexity index is 446. The van der Waals surface area contributed by atoms with Crippen LogP contribution in [0.1, 0.15) is 30.6 Å². The third kappa shape index (κ3) is 3.44. The number of Topliss-reactive ketones (excluding diaryl/α,β-unsaturated/α-hetero) is 1. The number of hydrogen-bond donors (Lipinski definition) is 0. The number of carbonyl (C=O) groups is 1. The number of rotatable bonds is 3. The Hall–Kier alpha value is 0.290. The fraction of sp³-hybridized carbons (Fsp3) is 0.615. The number of likely N-dealkylation sites (tertiary alicyclic amines) is 1. The summed E-state index contributed by atoms with van der Waals surface area (Å²) in [6.07, 6.45) is 1.20. The van der Waals surface area contributed by atoms with Crippen molar-refractivity contribution in [3.8, 4) is 0 Å². The second-order valence-corrected chi connectivity index (χ2v) is 8.89. The van der Waals surface area contributed by atoms with Crippen molar-refractivity contribution in [1.29, 1.82) is 0 Å². The van der Waals surface area contributed by atoms with Gasteiger partial charge in [-0.1, -0.05) is 13.8 Å². The first kappa shape index (κ1) is 14.7. The van der Waals surface area contributed by atoms with Gasteiger partial charge in [-0.2, -0.15) is 0 Å². The van der Waals surface area contributed by atoms with Gasteiger partial charge in [-0.25, -0.2) is 0 Å². The zero-order valence-corrected chi connectivity index (χ0v) is 14.6. The van der Waals surface area contributed by atoms with Gasteiger partial charge in [0.15, 0.2) is 5.78 Å². The van der Waals surface area contributed by atoms with E-state index in [2.05, 4.69) is 50.6 Å². The second-order valence-electron chi connectivity index (χ2n) is 5.14. The number of piperidine rings is 1. The zero-order chi connectivity index (χ0) is 13.3. The molecule has 0 radical (unpaired) electrons. The monoisotopic (exact) mass is 393 g/mol. The molecule has 5 heteroatoms. The van der Waals surface area contributed by atoms with Gasteiger partial charge < -0.3 is 0 Å². The zero-order valence-electron chi connectivity index (χ0n) is 10.6. The van der Waals surface area contributed by atoms with Crippen LogP contribution in [-0.4, -0.2) is 30.3 Å². The summed E-state index contributed by atoms with van der Waals surface area (Å²) in [5.41, 5.74) is 0.804.